The average Bonchev–Trinajstić information content (AvgIpc) is 2.82. The Hall–Kier alpha value is -2.37. The van der Waals surface area contributed by atoms with E-state index in [0.717, 1.165) is 11.3 Å². The van der Waals surface area contributed by atoms with E-state index >= 15 is 0 Å². The molecule has 0 unspecified atom stereocenters. The number of amides is 1. The van der Waals surface area contributed by atoms with Gasteiger partial charge < -0.3 is 14.4 Å². The van der Waals surface area contributed by atoms with E-state index in [4.69, 9.17) is 4.74 Å². The molecule has 0 radical (unpaired) electrons. The predicted molar refractivity (Wildman–Crippen MR) is 65.8 cm³/mol. The zero-order chi connectivity index (χ0) is 13.7. The molecule has 1 heterocycles. The number of hydrogen-bond donors (Lipinski definition) is 0. The highest BCUT2D eigenvalue weighted by atomic mass is 16.5. The van der Waals surface area contributed by atoms with Crippen LogP contribution in [0.2, 0.25) is 0 Å². The van der Waals surface area contributed by atoms with Gasteiger partial charge in [0.05, 0.1) is 13.0 Å². The highest BCUT2D eigenvalue weighted by molar-refractivity contribution is 5.95. The van der Waals surface area contributed by atoms with E-state index in [1.165, 1.54) is 0 Å². The fourth-order valence-corrected chi connectivity index (χ4v) is 2.10. The van der Waals surface area contributed by atoms with E-state index in [1.807, 2.05) is 0 Å². The number of fused-ring (bicyclic) bond motifs is 1. The summed E-state index contributed by atoms with van der Waals surface area (Å²) in [5.74, 6) is 0.372. The lowest BCUT2D eigenvalue weighted by atomic mass is 10.1. The third-order valence-electron chi connectivity index (χ3n) is 2.93. The Morgan fingerprint density at radius 1 is 1.32 bits per heavy atom. The molecule has 1 aromatic rings. The van der Waals surface area contributed by atoms with Gasteiger partial charge >= 0.3 is 0 Å². The normalized spacial score (nSPS) is 12.7. The van der Waals surface area contributed by atoms with Crippen molar-refractivity contribution in [3.05, 3.63) is 23.8 Å². The smallest absolute Gasteiger partial charge is 0.298 e. The van der Waals surface area contributed by atoms with Gasteiger partial charge in [0.15, 0.2) is 0 Å². The summed E-state index contributed by atoms with van der Waals surface area (Å²) in [5, 5.41) is 0. The molecule has 0 fully saturated rings. The second kappa shape index (κ2) is 5.99. The van der Waals surface area contributed by atoms with Crippen molar-refractivity contribution in [2.24, 2.45) is 0 Å². The lowest BCUT2D eigenvalue weighted by molar-refractivity contribution is -0.130. The molecule has 0 aliphatic carbocycles. The second-order valence-corrected chi connectivity index (χ2v) is 4.02. The molecule has 1 aliphatic rings. The molecule has 0 atom stereocenters. The van der Waals surface area contributed by atoms with Crippen LogP contribution >= 0.6 is 0 Å². The Labute approximate surface area is 109 Å². The van der Waals surface area contributed by atoms with Crippen LogP contribution in [0, 0.1) is 0 Å². The summed E-state index contributed by atoms with van der Waals surface area (Å²) in [7, 11) is 0. The van der Waals surface area contributed by atoms with Crippen LogP contribution in [0.15, 0.2) is 18.2 Å². The summed E-state index contributed by atoms with van der Waals surface area (Å²) < 4.78 is 9.28. The van der Waals surface area contributed by atoms with Gasteiger partial charge in [-0.3, -0.25) is 14.4 Å². The molecule has 6 nitrogen and oxygen atoms in total. The monoisotopic (exact) mass is 263 g/mol. The SMILES string of the molecule is O=COCCC(=O)N1CCc2cc(OC=O)ccc21. The number of carbonyl (C=O) groups excluding carboxylic acids is 3. The number of anilines is 1. The van der Waals surface area contributed by atoms with Gasteiger partial charge in [-0.05, 0) is 30.2 Å². The summed E-state index contributed by atoms with van der Waals surface area (Å²) in [6, 6.07) is 5.14. The topological polar surface area (TPSA) is 72.9 Å². The first kappa shape index (κ1) is 13.1. The Balaban J connectivity index is 2.06. The molecule has 1 aromatic carbocycles. The molecule has 0 spiro atoms. The lowest BCUT2D eigenvalue weighted by Crippen LogP contribution is -2.29. The van der Waals surface area contributed by atoms with Crippen LogP contribution in [0.4, 0.5) is 5.69 Å². The van der Waals surface area contributed by atoms with Crippen molar-refractivity contribution < 1.29 is 23.9 Å². The number of rotatable bonds is 6. The number of hydrogen-bond acceptors (Lipinski definition) is 5. The molecule has 0 saturated carbocycles. The van der Waals surface area contributed by atoms with Gasteiger partial charge in [-0.1, -0.05) is 0 Å². The van der Waals surface area contributed by atoms with Gasteiger partial charge in [0.25, 0.3) is 12.9 Å². The standard InChI is InChI=1S/C13H13NO5/c15-8-18-6-4-13(17)14-5-3-10-7-11(19-9-16)1-2-12(10)14/h1-2,7-9H,3-6H2. The second-order valence-electron chi connectivity index (χ2n) is 4.02. The van der Waals surface area contributed by atoms with Gasteiger partial charge in [-0.25, -0.2) is 0 Å². The molecular weight excluding hydrogens is 250 g/mol. The minimum Gasteiger partial charge on any atom is -0.467 e. The van der Waals surface area contributed by atoms with Crippen LogP contribution in [0.3, 0.4) is 0 Å². The summed E-state index contributed by atoms with van der Waals surface area (Å²) in [4.78, 5) is 33.9. The minimum atomic E-state index is -0.0929. The van der Waals surface area contributed by atoms with E-state index in [0.29, 0.717) is 31.7 Å². The van der Waals surface area contributed by atoms with Crippen molar-refractivity contribution in [2.45, 2.75) is 12.8 Å². The van der Waals surface area contributed by atoms with Gasteiger partial charge in [-0.2, -0.15) is 0 Å². The summed E-state index contributed by atoms with van der Waals surface area (Å²) in [6.45, 7) is 1.37. The van der Waals surface area contributed by atoms with Crippen LogP contribution in [0.25, 0.3) is 0 Å². The maximum absolute atomic E-state index is 11.9. The molecule has 1 aliphatic heterocycles. The molecule has 6 heteroatoms. The molecule has 0 saturated heterocycles. The quantitative estimate of drug-likeness (QED) is 0.557. The molecule has 0 N–H and O–H groups in total. The van der Waals surface area contributed by atoms with Gasteiger partial charge in [0.2, 0.25) is 5.91 Å². The van der Waals surface area contributed by atoms with Crippen molar-refractivity contribution in [2.75, 3.05) is 18.1 Å². The predicted octanol–water partition coefficient (Wildman–Crippen LogP) is 0.674. The third kappa shape index (κ3) is 2.90. The minimum absolute atomic E-state index is 0.0838. The van der Waals surface area contributed by atoms with Crippen LogP contribution < -0.4 is 9.64 Å². The number of carbonyl (C=O) groups is 3. The zero-order valence-corrected chi connectivity index (χ0v) is 10.2. The third-order valence-corrected chi connectivity index (χ3v) is 2.93. The fraction of sp³-hybridized carbons (Fsp3) is 0.308. The van der Waals surface area contributed by atoms with Crippen molar-refractivity contribution in [3.8, 4) is 5.75 Å². The fourth-order valence-electron chi connectivity index (χ4n) is 2.10. The van der Waals surface area contributed by atoms with E-state index in [2.05, 4.69) is 4.74 Å². The first-order chi connectivity index (χ1) is 9.26. The van der Waals surface area contributed by atoms with Crippen LogP contribution in [0.1, 0.15) is 12.0 Å². The maximum Gasteiger partial charge on any atom is 0.298 e. The Kier molecular flexibility index (Phi) is 4.12. The Morgan fingerprint density at radius 3 is 2.89 bits per heavy atom. The van der Waals surface area contributed by atoms with Crippen LogP contribution in [0.5, 0.6) is 5.75 Å². The molecule has 0 aromatic heterocycles. The largest absolute Gasteiger partial charge is 0.467 e. The molecule has 19 heavy (non-hydrogen) atoms. The summed E-state index contributed by atoms with van der Waals surface area (Å²) >= 11 is 0. The van der Waals surface area contributed by atoms with E-state index in [1.54, 1.807) is 23.1 Å². The van der Waals surface area contributed by atoms with Crippen molar-refractivity contribution >= 4 is 24.5 Å². The summed E-state index contributed by atoms with van der Waals surface area (Å²) in [5.41, 5.74) is 1.78. The van der Waals surface area contributed by atoms with E-state index in [9.17, 15) is 14.4 Å². The number of benzene rings is 1. The van der Waals surface area contributed by atoms with Crippen molar-refractivity contribution in [3.63, 3.8) is 0 Å². The zero-order valence-electron chi connectivity index (χ0n) is 10.2. The van der Waals surface area contributed by atoms with Crippen molar-refractivity contribution in [1.29, 1.82) is 0 Å². The first-order valence-electron chi connectivity index (χ1n) is 5.85. The summed E-state index contributed by atoms with van der Waals surface area (Å²) in [6.07, 6.45) is 0.871. The highest BCUT2D eigenvalue weighted by Crippen LogP contribution is 2.31. The number of nitrogens with zero attached hydrogens (tertiary/aromatic N) is 1. The maximum atomic E-state index is 11.9. The van der Waals surface area contributed by atoms with E-state index < -0.39 is 0 Å². The molecule has 1 amide bonds. The molecule has 2 rings (SSSR count). The Morgan fingerprint density at radius 2 is 2.16 bits per heavy atom. The van der Waals surface area contributed by atoms with Gasteiger partial charge in [-0.15, -0.1) is 0 Å². The molecule has 0 bridgehead atoms. The number of ether oxygens (including phenoxy) is 2. The Bertz CT molecular complexity index is 500. The average molecular weight is 263 g/mol. The van der Waals surface area contributed by atoms with Crippen LogP contribution in [-0.2, 0) is 25.5 Å². The van der Waals surface area contributed by atoms with Gasteiger partial charge in [0, 0.05) is 12.2 Å². The molecular formula is C13H13NO5. The highest BCUT2D eigenvalue weighted by Gasteiger charge is 2.24. The van der Waals surface area contributed by atoms with Gasteiger partial charge in [0.1, 0.15) is 5.75 Å². The van der Waals surface area contributed by atoms with E-state index in [-0.39, 0.29) is 18.9 Å². The van der Waals surface area contributed by atoms with Crippen molar-refractivity contribution in [1.82, 2.24) is 0 Å². The van der Waals surface area contributed by atoms with Crippen LogP contribution in [-0.4, -0.2) is 32.0 Å². The molecule has 100 valence electrons. The first-order valence-corrected chi connectivity index (χ1v) is 5.85. The lowest BCUT2D eigenvalue weighted by Gasteiger charge is -2.17.